The van der Waals surface area contributed by atoms with Crippen LogP contribution in [0.5, 0.6) is 0 Å². The van der Waals surface area contributed by atoms with Crippen LogP contribution in [-0.2, 0) is 14.4 Å². The van der Waals surface area contributed by atoms with Crippen LogP contribution in [0.4, 0.5) is 15.8 Å². The summed E-state index contributed by atoms with van der Waals surface area (Å²) in [5.41, 5.74) is 5.89. The molecule has 0 radical (unpaired) electrons. The molecule has 1 heterocycles. The molecule has 100 valence electrons. The Bertz CT molecular complexity index is 543. The van der Waals surface area contributed by atoms with Crippen molar-refractivity contribution in [2.75, 3.05) is 17.6 Å². The molecule has 0 atom stereocenters. The zero-order valence-corrected chi connectivity index (χ0v) is 9.98. The fourth-order valence-electron chi connectivity index (χ4n) is 1.77. The summed E-state index contributed by atoms with van der Waals surface area (Å²) >= 11 is 0. The van der Waals surface area contributed by atoms with E-state index in [1.807, 2.05) is 0 Å². The molecule has 6 nitrogen and oxygen atoms in total. The van der Waals surface area contributed by atoms with Crippen molar-refractivity contribution in [3.63, 3.8) is 0 Å². The molecule has 19 heavy (non-hydrogen) atoms. The van der Waals surface area contributed by atoms with E-state index in [9.17, 15) is 18.8 Å². The molecule has 3 N–H and O–H groups in total. The first kappa shape index (κ1) is 13.0. The second kappa shape index (κ2) is 5.05. The van der Waals surface area contributed by atoms with E-state index in [1.54, 1.807) is 0 Å². The first-order valence-electron chi connectivity index (χ1n) is 5.65. The molecule has 1 aromatic rings. The topological polar surface area (TPSA) is 92.5 Å². The monoisotopic (exact) mass is 265 g/mol. The van der Waals surface area contributed by atoms with Crippen molar-refractivity contribution >= 4 is 29.1 Å². The third-order valence-corrected chi connectivity index (χ3v) is 2.75. The van der Waals surface area contributed by atoms with Crippen LogP contribution in [0, 0.1) is 5.82 Å². The van der Waals surface area contributed by atoms with Crippen LogP contribution in [-0.4, -0.2) is 29.2 Å². The van der Waals surface area contributed by atoms with E-state index in [0.717, 1.165) is 11.0 Å². The van der Waals surface area contributed by atoms with E-state index in [4.69, 9.17) is 5.73 Å². The van der Waals surface area contributed by atoms with Gasteiger partial charge >= 0.3 is 0 Å². The number of rotatable bonds is 3. The van der Waals surface area contributed by atoms with Crippen molar-refractivity contribution in [2.24, 2.45) is 0 Å². The highest BCUT2D eigenvalue weighted by molar-refractivity contribution is 6.06. The Morgan fingerprint density at radius 1 is 1.32 bits per heavy atom. The van der Waals surface area contributed by atoms with Gasteiger partial charge in [0.25, 0.3) is 0 Å². The Hall–Kier alpha value is -2.44. The van der Waals surface area contributed by atoms with Gasteiger partial charge in [0.1, 0.15) is 12.4 Å². The lowest BCUT2D eigenvalue weighted by Crippen LogP contribution is -2.37. The van der Waals surface area contributed by atoms with Gasteiger partial charge in [-0.2, -0.15) is 0 Å². The lowest BCUT2D eigenvalue weighted by molar-refractivity contribution is -0.141. The van der Waals surface area contributed by atoms with Crippen LogP contribution in [0.15, 0.2) is 18.2 Å². The molecule has 0 bridgehead atoms. The molecule has 1 aliphatic rings. The quantitative estimate of drug-likeness (QED) is 0.614. The number of nitrogen functional groups attached to an aromatic ring is 1. The van der Waals surface area contributed by atoms with Gasteiger partial charge in [-0.15, -0.1) is 0 Å². The summed E-state index contributed by atoms with van der Waals surface area (Å²) in [6, 6.07) is 3.55. The van der Waals surface area contributed by atoms with Crippen molar-refractivity contribution in [2.45, 2.75) is 12.8 Å². The van der Waals surface area contributed by atoms with Crippen LogP contribution in [0.25, 0.3) is 0 Å². The Balaban J connectivity index is 2.03. The van der Waals surface area contributed by atoms with Gasteiger partial charge in [-0.25, -0.2) is 4.39 Å². The van der Waals surface area contributed by atoms with Gasteiger partial charge < -0.3 is 11.1 Å². The largest absolute Gasteiger partial charge is 0.397 e. The molecule has 0 spiro atoms. The van der Waals surface area contributed by atoms with Crippen molar-refractivity contribution < 1.29 is 18.8 Å². The third-order valence-electron chi connectivity index (χ3n) is 2.75. The number of carbonyl (C=O) groups excluding carboxylic acids is 3. The van der Waals surface area contributed by atoms with E-state index in [-0.39, 0.29) is 42.6 Å². The SMILES string of the molecule is Nc1ccc(F)cc1NC(=O)CN1C(=O)CCC1=O. The Morgan fingerprint density at radius 3 is 2.58 bits per heavy atom. The van der Waals surface area contributed by atoms with Crippen LogP contribution in [0.3, 0.4) is 0 Å². The molecule has 1 fully saturated rings. The summed E-state index contributed by atoms with van der Waals surface area (Å²) in [4.78, 5) is 35.2. The van der Waals surface area contributed by atoms with Gasteiger partial charge in [0.2, 0.25) is 17.7 Å². The summed E-state index contributed by atoms with van der Waals surface area (Å²) in [5, 5.41) is 2.37. The number of benzene rings is 1. The van der Waals surface area contributed by atoms with E-state index in [1.165, 1.54) is 12.1 Å². The number of anilines is 2. The average Bonchev–Trinajstić information content (AvgIpc) is 2.65. The fraction of sp³-hybridized carbons (Fsp3) is 0.250. The maximum atomic E-state index is 13.0. The predicted octanol–water partition coefficient (Wildman–Crippen LogP) is 0.495. The smallest absolute Gasteiger partial charge is 0.244 e. The van der Waals surface area contributed by atoms with Gasteiger partial charge in [0, 0.05) is 12.8 Å². The summed E-state index contributed by atoms with van der Waals surface area (Å²) < 4.78 is 13.0. The van der Waals surface area contributed by atoms with E-state index in [2.05, 4.69) is 5.32 Å². The maximum Gasteiger partial charge on any atom is 0.244 e. The number of carbonyl (C=O) groups is 3. The van der Waals surface area contributed by atoms with Crippen LogP contribution < -0.4 is 11.1 Å². The first-order chi connectivity index (χ1) is 8.97. The Kier molecular flexibility index (Phi) is 3.46. The molecule has 2 rings (SSSR count). The molecule has 0 aliphatic carbocycles. The first-order valence-corrected chi connectivity index (χ1v) is 5.65. The van der Waals surface area contributed by atoms with Gasteiger partial charge in [-0.3, -0.25) is 19.3 Å². The zero-order chi connectivity index (χ0) is 14.0. The van der Waals surface area contributed by atoms with E-state index in [0.29, 0.717) is 0 Å². The molecular weight excluding hydrogens is 253 g/mol. The molecule has 1 aromatic carbocycles. The number of likely N-dealkylation sites (tertiary alicyclic amines) is 1. The average molecular weight is 265 g/mol. The van der Waals surface area contributed by atoms with E-state index < -0.39 is 11.7 Å². The Morgan fingerprint density at radius 2 is 1.95 bits per heavy atom. The number of halogens is 1. The number of nitrogens with zero attached hydrogens (tertiary/aromatic N) is 1. The summed E-state index contributed by atoms with van der Waals surface area (Å²) in [6.45, 7) is -0.381. The van der Waals surface area contributed by atoms with Gasteiger partial charge in [-0.05, 0) is 18.2 Å². The second-order valence-electron chi connectivity index (χ2n) is 4.15. The number of hydrogen-bond acceptors (Lipinski definition) is 4. The van der Waals surface area contributed by atoms with Crippen LogP contribution in [0.2, 0.25) is 0 Å². The highest BCUT2D eigenvalue weighted by Gasteiger charge is 2.30. The second-order valence-corrected chi connectivity index (χ2v) is 4.15. The van der Waals surface area contributed by atoms with Crippen molar-refractivity contribution in [1.82, 2.24) is 4.90 Å². The molecule has 1 saturated heterocycles. The van der Waals surface area contributed by atoms with Crippen LogP contribution >= 0.6 is 0 Å². The molecular formula is C12H12FN3O3. The standard InChI is InChI=1S/C12H12FN3O3/c13-7-1-2-8(14)9(5-7)15-10(17)6-16-11(18)3-4-12(16)19/h1-2,5H,3-4,6,14H2,(H,15,17). The minimum absolute atomic E-state index is 0.115. The van der Waals surface area contributed by atoms with E-state index >= 15 is 0 Å². The van der Waals surface area contributed by atoms with Gasteiger partial charge in [0.05, 0.1) is 11.4 Å². The van der Waals surface area contributed by atoms with Gasteiger partial charge in [-0.1, -0.05) is 0 Å². The van der Waals surface area contributed by atoms with Gasteiger partial charge in [0.15, 0.2) is 0 Å². The minimum Gasteiger partial charge on any atom is -0.397 e. The zero-order valence-electron chi connectivity index (χ0n) is 9.98. The summed E-state index contributed by atoms with van der Waals surface area (Å²) in [5.74, 6) is -1.90. The highest BCUT2D eigenvalue weighted by Crippen LogP contribution is 2.19. The number of nitrogens with two attached hydrogens (primary N) is 1. The van der Waals surface area contributed by atoms with Crippen molar-refractivity contribution in [3.05, 3.63) is 24.0 Å². The van der Waals surface area contributed by atoms with Crippen molar-refractivity contribution in [1.29, 1.82) is 0 Å². The lowest BCUT2D eigenvalue weighted by Gasteiger charge is -2.14. The summed E-state index contributed by atoms with van der Waals surface area (Å²) in [6.07, 6.45) is 0.239. The normalized spacial score (nSPS) is 14.9. The lowest BCUT2D eigenvalue weighted by atomic mass is 10.2. The number of imide groups is 1. The minimum atomic E-state index is -0.596. The third kappa shape index (κ3) is 2.87. The molecule has 0 unspecified atom stereocenters. The van der Waals surface area contributed by atoms with Crippen molar-refractivity contribution in [3.8, 4) is 0 Å². The molecule has 0 aromatic heterocycles. The van der Waals surface area contributed by atoms with Crippen LogP contribution in [0.1, 0.15) is 12.8 Å². The number of nitrogens with one attached hydrogen (secondary N) is 1. The molecule has 7 heteroatoms. The number of hydrogen-bond donors (Lipinski definition) is 2. The Labute approximate surface area is 108 Å². The maximum absolute atomic E-state index is 13.0. The number of amides is 3. The fourth-order valence-corrected chi connectivity index (χ4v) is 1.77. The molecule has 0 saturated carbocycles. The molecule has 1 aliphatic heterocycles. The summed E-state index contributed by atoms with van der Waals surface area (Å²) in [7, 11) is 0. The highest BCUT2D eigenvalue weighted by atomic mass is 19.1. The predicted molar refractivity (Wildman–Crippen MR) is 65.4 cm³/mol. The molecule has 3 amide bonds.